The zero-order chi connectivity index (χ0) is 24.0. The van der Waals surface area contributed by atoms with Crippen molar-refractivity contribution in [2.45, 2.75) is 30.2 Å². The van der Waals surface area contributed by atoms with Gasteiger partial charge in [-0.1, -0.05) is 53.6 Å². The third-order valence-electron chi connectivity index (χ3n) is 6.65. The molecule has 8 heteroatoms. The molecule has 0 saturated heterocycles. The summed E-state index contributed by atoms with van der Waals surface area (Å²) in [4.78, 5) is 0.255. The zero-order valence-corrected chi connectivity index (χ0v) is 20.8. The van der Waals surface area contributed by atoms with Crippen LogP contribution in [0.3, 0.4) is 0 Å². The van der Waals surface area contributed by atoms with Crippen LogP contribution in [0.15, 0.2) is 77.7 Å². The van der Waals surface area contributed by atoms with Crippen molar-refractivity contribution in [3.63, 3.8) is 0 Å². The van der Waals surface area contributed by atoms with E-state index in [0.717, 1.165) is 17.7 Å². The summed E-state index contributed by atoms with van der Waals surface area (Å²) in [7, 11) is -3.74. The van der Waals surface area contributed by atoms with E-state index in [9.17, 15) is 13.5 Å². The molecule has 2 N–H and O–H groups in total. The van der Waals surface area contributed by atoms with Gasteiger partial charge in [-0.25, -0.2) is 8.42 Å². The van der Waals surface area contributed by atoms with Gasteiger partial charge in [0.15, 0.2) is 0 Å². The van der Waals surface area contributed by atoms with Gasteiger partial charge in [-0.2, -0.15) is 0 Å². The zero-order valence-electron chi connectivity index (χ0n) is 18.4. The van der Waals surface area contributed by atoms with E-state index in [4.69, 9.17) is 23.2 Å². The van der Waals surface area contributed by atoms with Gasteiger partial charge in [0.25, 0.3) is 10.0 Å². The second-order valence-corrected chi connectivity index (χ2v) is 11.3. The molecular weight excluding hydrogens is 491 g/mol. The monoisotopic (exact) mass is 514 g/mol. The molecule has 3 aromatic carbocycles. The number of sulfonamides is 1. The predicted octanol–water partition coefficient (Wildman–Crippen LogP) is 6.74. The van der Waals surface area contributed by atoms with Crippen LogP contribution in [0.2, 0.25) is 10.0 Å². The Labute approximate surface area is 209 Å². The predicted molar refractivity (Wildman–Crippen MR) is 138 cm³/mol. The number of phenolic OH excluding ortho intramolecular Hbond substituents is 1. The lowest BCUT2D eigenvalue weighted by molar-refractivity contribution is 0.402. The summed E-state index contributed by atoms with van der Waals surface area (Å²) in [6.45, 7) is 2.15. The number of halogens is 2. The quantitative estimate of drug-likeness (QED) is 0.369. The van der Waals surface area contributed by atoms with Crippen LogP contribution < -0.4 is 9.62 Å². The van der Waals surface area contributed by atoms with Crippen molar-refractivity contribution in [3.8, 4) is 5.75 Å². The van der Waals surface area contributed by atoms with Crippen molar-refractivity contribution < 1.29 is 13.5 Å². The number of benzene rings is 3. The van der Waals surface area contributed by atoms with Crippen LogP contribution in [0.1, 0.15) is 36.4 Å². The first-order chi connectivity index (χ1) is 16.3. The average molecular weight is 515 g/mol. The summed E-state index contributed by atoms with van der Waals surface area (Å²) in [5, 5.41) is 14.8. The number of aromatic hydroxyl groups is 1. The van der Waals surface area contributed by atoms with Crippen molar-refractivity contribution in [2.24, 2.45) is 5.92 Å². The van der Waals surface area contributed by atoms with E-state index in [1.54, 1.807) is 36.4 Å². The third kappa shape index (κ3) is 3.84. The highest BCUT2D eigenvalue weighted by atomic mass is 35.5. The van der Waals surface area contributed by atoms with Crippen LogP contribution in [0.25, 0.3) is 0 Å². The largest absolute Gasteiger partial charge is 0.506 e. The summed E-state index contributed by atoms with van der Waals surface area (Å²) in [5.74, 6) is 0.0981. The summed E-state index contributed by atoms with van der Waals surface area (Å²) in [5.41, 5.74) is 3.02. The van der Waals surface area contributed by atoms with Crippen molar-refractivity contribution in [1.29, 1.82) is 0 Å². The highest BCUT2D eigenvalue weighted by Crippen LogP contribution is 2.52. The van der Waals surface area contributed by atoms with E-state index in [2.05, 4.69) is 17.5 Å². The molecule has 3 atom stereocenters. The molecule has 3 unspecified atom stereocenters. The maximum Gasteiger partial charge on any atom is 0.264 e. The topological polar surface area (TPSA) is 69.6 Å². The summed E-state index contributed by atoms with van der Waals surface area (Å²) in [6.07, 6.45) is 5.00. The summed E-state index contributed by atoms with van der Waals surface area (Å²) >= 11 is 12.4. The van der Waals surface area contributed by atoms with Crippen LogP contribution in [0.4, 0.5) is 11.4 Å². The lowest BCUT2D eigenvalue weighted by Crippen LogP contribution is -2.32. The van der Waals surface area contributed by atoms with Gasteiger partial charge in [0.05, 0.1) is 21.6 Å². The maximum absolute atomic E-state index is 13.6. The van der Waals surface area contributed by atoms with Gasteiger partial charge in [0, 0.05) is 28.7 Å². The highest BCUT2D eigenvalue weighted by Gasteiger charge is 2.40. The number of nitrogens with one attached hydrogen (secondary N) is 1. The standard InChI is InChI=1S/C26H24Cl2N2O3S/c1-2-30(17-7-4-3-5-8-17)34(32,33)18-11-12-24-21(15-18)19-9-6-10-20(19)25(29-24)22-13-16(27)14-23(28)26(22)31/h3-9,11-15,19-20,25,29,31H,2,10H2,1H3. The van der Waals surface area contributed by atoms with Crippen LogP contribution >= 0.6 is 23.2 Å². The second-order valence-electron chi connectivity index (χ2n) is 8.56. The number of para-hydroxylation sites is 1. The molecular formula is C26H24Cl2N2O3S. The Morgan fingerprint density at radius 2 is 1.82 bits per heavy atom. The first-order valence-electron chi connectivity index (χ1n) is 11.1. The van der Waals surface area contributed by atoms with Gasteiger partial charge in [-0.3, -0.25) is 4.31 Å². The lowest BCUT2D eigenvalue weighted by atomic mass is 9.77. The molecule has 34 heavy (non-hydrogen) atoms. The Morgan fingerprint density at radius 3 is 2.56 bits per heavy atom. The fraction of sp³-hybridized carbons (Fsp3) is 0.231. The van der Waals surface area contributed by atoms with Crippen molar-refractivity contribution in [1.82, 2.24) is 0 Å². The van der Waals surface area contributed by atoms with E-state index in [0.29, 0.717) is 22.8 Å². The molecule has 5 nitrogen and oxygen atoms in total. The van der Waals surface area contributed by atoms with Gasteiger partial charge in [0.1, 0.15) is 5.75 Å². The molecule has 1 heterocycles. The molecule has 0 bridgehead atoms. The van der Waals surface area contributed by atoms with Gasteiger partial charge in [-0.05, 0) is 67.3 Å². The molecule has 1 aliphatic heterocycles. The first-order valence-corrected chi connectivity index (χ1v) is 13.3. The lowest BCUT2D eigenvalue weighted by Gasteiger charge is -2.38. The number of fused-ring (bicyclic) bond motifs is 3. The molecule has 5 rings (SSSR count). The SMILES string of the molecule is CCN(c1ccccc1)S(=O)(=O)c1ccc2c(c1)C1C=CCC1C(c1cc(Cl)cc(Cl)c1O)N2. The molecule has 3 aromatic rings. The summed E-state index contributed by atoms with van der Waals surface area (Å²) < 4.78 is 28.6. The molecule has 0 saturated carbocycles. The minimum Gasteiger partial charge on any atom is -0.506 e. The Bertz CT molecular complexity index is 1380. The molecule has 0 amide bonds. The smallest absolute Gasteiger partial charge is 0.264 e. The normalized spacial score (nSPS) is 21.0. The number of anilines is 2. The highest BCUT2D eigenvalue weighted by molar-refractivity contribution is 7.92. The van der Waals surface area contributed by atoms with Gasteiger partial charge in [0.2, 0.25) is 0 Å². The minimum absolute atomic E-state index is 0.000332. The van der Waals surface area contributed by atoms with Gasteiger partial charge >= 0.3 is 0 Å². The number of nitrogens with zero attached hydrogens (tertiary/aromatic N) is 1. The number of rotatable bonds is 5. The number of allylic oxidation sites excluding steroid dienone is 2. The Balaban J connectivity index is 1.56. The van der Waals surface area contributed by atoms with Crippen molar-refractivity contribution >= 4 is 44.6 Å². The van der Waals surface area contributed by atoms with Crippen LogP contribution in [0, 0.1) is 5.92 Å². The molecule has 0 spiro atoms. The first kappa shape index (κ1) is 23.1. The van der Waals surface area contributed by atoms with Crippen LogP contribution in [-0.2, 0) is 10.0 Å². The fourth-order valence-electron chi connectivity index (χ4n) is 5.08. The van der Waals surface area contributed by atoms with E-state index < -0.39 is 10.0 Å². The maximum atomic E-state index is 13.6. The van der Waals surface area contributed by atoms with Gasteiger partial charge < -0.3 is 10.4 Å². The molecule has 0 aromatic heterocycles. The molecule has 0 radical (unpaired) electrons. The Morgan fingerprint density at radius 1 is 1.06 bits per heavy atom. The van der Waals surface area contributed by atoms with E-state index in [-0.39, 0.29) is 33.5 Å². The molecule has 176 valence electrons. The van der Waals surface area contributed by atoms with E-state index in [1.807, 2.05) is 25.1 Å². The third-order valence-corrected chi connectivity index (χ3v) is 9.05. The Hall–Kier alpha value is -2.67. The van der Waals surface area contributed by atoms with Crippen molar-refractivity contribution in [2.75, 3.05) is 16.2 Å². The van der Waals surface area contributed by atoms with Gasteiger partial charge in [-0.15, -0.1) is 0 Å². The average Bonchev–Trinajstić information content (AvgIpc) is 3.32. The second kappa shape index (κ2) is 8.84. The number of phenols is 1. The number of hydrogen-bond donors (Lipinski definition) is 2. The Kier molecular flexibility index (Phi) is 6.00. The molecule has 2 aliphatic rings. The van der Waals surface area contributed by atoms with E-state index in [1.165, 1.54) is 10.4 Å². The number of hydrogen-bond acceptors (Lipinski definition) is 4. The molecule has 0 fully saturated rings. The summed E-state index contributed by atoms with van der Waals surface area (Å²) in [6, 6.07) is 17.4. The molecule has 1 aliphatic carbocycles. The van der Waals surface area contributed by atoms with Crippen LogP contribution in [-0.4, -0.2) is 20.1 Å². The van der Waals surface area contributed by atoms with Crippen molar-refractivity contribution in [3.05, 3.63) is 94.0 Å². The minimum atomic E-state index is -3.74. The fourth-order valence-corrected chi connectivity index (χ4v) is 7.10. The van der Waals surface area contributed by atoms with Crippen LogP contribution in [0.5, 0.6) is 5.75 Å². The van der Waals surface area contributed by atoms with E-state index >= 15 is 0 Å².